The van der Waals surface area contributed by atoms with Crippen molar-refractivity contribution < 1.29 is 4.79 Å². The molecule has 0 aliphatic carbocycles. The fourth-order valence-electron chi connectivity index (χ4n) is 0.195. The third-order valence-corrected chi connectivity index (χ3v) is 0.453. The Labute approximate surface area is 42.2 Å². The van der Waals surface area contributed by atoms with Crippen molar-refractivity contribution in [3.05, 3.63) is 0 Å². The van der Waals surface area contributed by atoms with Gasteiger partial charge in [-0.2, -0.15) is 0 Å². The summed E-state index contributed by atoms with van der Waals surface area (Å²) in [6.07, 6.45) is 1.14. The first-order chi connectivity index (χ1) is 3.27. The number of rotatable bonds is 2. The van der Waals surface area contributed by atoms with Gasteiger partial charge in [-0.3, -0.25) is 4.79 Å². The monoisotopic (exact) mass is 100 g/mol. The maximum atomic E-state index is 9.99. The summed E-state index contributed by atoms with van der Waals surface area (Å²) in [5.74, 6) is -0.0940. The van der Waals surface area contributed by atoms with E-state index in [0.717, 1.165) is 6.21 Å². The van der Waals surface area contributed by atoms with Crippen molar-refractivity contribution in [3.8, 4) is 0 Å². The first-order valence-corrected chi connectivity index (χ1v) is 2.00. The highest BCUT2D eigenvalue weighted by atomic mass is 16.1. The molecule has 0 saturated carbocycles. The van der Waals surface area contributed by atoms with Gasteiger partial charge < -0.3 is 10.7 Å². The number of carbonyl (C=O) groups excluding carboxylic acids is 1. The molecular weight excluding hydrogens is 92.1 g/mol. The van der Waals surface area contributed by atoms with Crippen LogP contribution in [0.3, 0.4) is 0 Å². The second kappa shape index (κ2) is 3.33. The molecule has 0 rings (SSSR count). The molecule has 7 heavy (non-hydrogen) atoms. The van der Waals surface area contributed by atoms with Crippen LogP contribution in [0.25, 0.3) is 0 Å². The number of carbonyl (C=O) groups is 1. The summed E-state index contributed by atoms with van der Waals surface area (Å²) >= 11 is 0. The average molecular weight is 100 g/mol. The number of hydrogen-bond acceptors (Lipinski definition) is 2. The van der Waals surface area contributed by atoms with Crippen molar-refractivity contribution >= 4 is 12.1 Å². The summed E-state index contributed by atoms with van der Waals surface area (Å²) in [5, 5.41) is 8.87. The van der Waals surface area contributed by atoms with Gasteiger partial charge in [0.1, 0.15) is 0 Å². The molecule has 40 valence electrons. The molecule has 0 aliphatic rings. The van der Waals surface area contributed by atoms with Crippen molar-refractivity contribution in [2.75, 3.05) is 6.54 Å². The summed E-state index contributed by atoms with van der Waals surface area (Å²) in [6.45, 7) is 1.76. The molecule has 3 heteroatoms. The minimum absolute atomic E-state index is 0.0940. The maximum Gasteiger partial charge on any atom is 0.217 e. The van der Waals surface area contributed by atoms with E-state index in [1.807, 2.05) is 0 Å². The fraction of sp³-hybridized carbons (Fsp3) is 0.500. The molecule has 3 nitrogen and oxygen atoms in total. The van der Waals surface area contributed by atoms with Crippen molar-refractivity contribution in [2.24, 2.45) is 0 Å². The molecule has 1 amide bonds. The van der Waals surface area contributed by atoms with E-state index in [9.17, 15) is 4.79 Å². The Kier molecular flexibility index (Phi) is 2.92. The lowest BCUT2D eigenvalue weighted by atomic mass is 10.6. The van der Waals surface area contributed by atoms with Crippen LogP contribution in [0.1, 0.15) is 6.92 Å². The normalized spacial score (nSPS) is 7.57. The Morgan fingerprint density at radius 1 is 2.00 bits per heavy atom. The van der Waals surface area contributed by atoms with E-state index in [0.29, 0.717) is 6.54 Å². The van der Waals surface area contributed by atoms with Gasteiger partial charge in [-0.15, -0.1) is 0 Å². The summed E-state index contributed by atoms with van der Waals surface area (Å²) < 4.78 is 0. The highest BCUT2D eigenvalue weighted by Gasteiger charge is 1.81. The molecule has 0 aromatic rings. The minimum Gasteiger partial charge on any atom is -0.351 e. The lowest BCUT2D eigenvalue weighted by molar-refractivity contribution is -0.118. The Morgan fingerprint density at radius 2 is 2.57 bits per heavy atom. The largest absolute Gasteiger partial charge is 0.351 e. The van der Waals surface area contributed by atoms with Crippen molar-refractivity contribution in [3.63, 3.8) is 0 Å². The van der Waals surface area contributed by atoms with E-state index in [-0.39, 0.29) is 5.91 Å². The van der Waals surface area contributed by atoms with Gasteiger partial charge in [-0.25, -0.2) is 0 Å². The first-order valence-electron chi connectivity index (χ1n) is 2.00. The van der Waals surface area contributed by atoms with Crippen molar-refractivity contribution in [2.45, 2.75) is 6.92 Å². The maximum absolute atomic E-state index is 9.99. The predicted molar refractivity (Wildman–Crippen MR) is 27.5 cm³/mol. The molecule has 0 aromatic heterocycles. The second-order valence-corrected chi connectivity index (χ2v) is 1.14. The molecule has 0 aliphatic heterocycles. The summed E-state index contributed by atoms with van der Waals surface area (Å²) in [4.78, 5) is 9.99. The van der Waals surface area contributed by atoms with Crippen LogP contribution in [-0.4, -0.2) is 18.7 Å². The van der Waals surface area contributed by atoms with E-state index < -0.39 is 0 Å². The van der Waals surface area contributed by atoms with Crippen molar-refractivity contribution in [1.29, 1.82) is 5.41 Å². The van der Waals surface area contributed by atoms with Crippen LogP contribution in [-0.2, 0) is 4.79 Å². The van der Waals surface area contributed by atoms with Gasteiger partial charge in [0.15, 0.2) is 0 Å². The lowest BCUT2D eigenvalue weighted by Gasteiger charge is -1.89. The number of nitrogens with one attached hydrogen (secondary N) is 2. The Morgan fingerprint density at radius 3 is 2.71 bits per heavy atom. The molecule has 0 atom stereocenters. The van der Waals surface area contributed by atoms with Crippen LogP contribution in [0, 0.1) is 5.41 Å². The molecule has 0 spiro atoms. The molecule has 0 aromatic carbocycles. The summed E-state index contributed by atoms with van der Waals surface area (Å²) in [7, 11) is 0. The minimum atomic E-state index is -0.0940. The van der Waals surface area contributed by atoms with Crippen LogP contribution in [0.5, 0.6) is 0 Å². The van der Waals surface area contributed by atoms with Crippen LogP contribution in [0.4, 0.5) is 0 Å². The molecule has 0 unspecified atom stereocenters. The van der Waals surface area contributed by atoms with Gasteiger partial charge in [0, 0.05) is 13.1 Å². The zero-order valence-electron chi connectivity index (χ0n) is 4.19. The van der Waals surface area contributed by atoms with Gasteiger partial charge >= 0.3 is 0 Å². The van der Waals surface area contributed by atoms with E-state index in [4.69, 9.17) is 5.41 Å². The van der Waals surface area contributed by atoms with Crippen molar-refractivity contribution in [1.82, 2.24) is 5.32 Å². The topological polar surface area (TPSA) is 53.0 Å². The van der Waals surface area contributed by atoms with E-state index >= 15 is 0 Å². The highest BCUT2D eigenvalue weighted by molar-refractivity contribution is 5.75. The Hall–Kier alpha value is -0.860. The number of hydrogen-bond donors (Lipinski definition) is 2. The summed E-state index contributed by atoms with van der Waals surface area (Å²) in [5.41, 5.74) is 0. The van der Waals surface area contributed by atoms with Gasteiger partial charge in [-0.1, -0.05) is 0 Å². The van der Waals surface area contributed by atoms with Crippen LogP contribution < -0.4 is 5.32 Å². The standard InChI is InChI=1S/C4H8N2O/c1-4(7)6-3-2-5/h2,5H,3H2,1H3,(H,6,7). The third kappa shape index (κ3) is 5.14. The average Bonchev–Trinajstić information content (AvgIpc) is 1.61. The summed E-state index contributed by atoms with van der Waals surface area (Å²) in [6, 6.07) is 0. The van der Waals surface area contributed by atoms with Crippen LogP contribution >= 0.6 is 0 Å². The molecular formula is C4H8N2O. The Balaban J connectivity index is 2.97. The fourth-order valence-corrected chi connectivity index (χ4v) is 0.195. The lowest BCUT2D eigenvalue weighted by Crippen LogP contribution is -2.21. The highest BCUT2D eigenvalue weighted by Crippen LogP contribution is 1.53. The van der Waals surface area contributed by atoms with E-state index in [1.165, 1.54) is 6.92 Å². The zero-order valence-corrected chi connectivity index (χ0v) is 4.19. The molecule has 0 fully saturated rings. The van der Waals surface area contributed by atoms with Crippen LogP contribution in [0.2, 0.25) is 0 Å². The first kappa shape index (κ1) is 6.14. The quantitative estimate of drug-likeness (QED) is 0.463. The molecule has 0 bridgehead atoms. The zero-order chi connectivity index (χ0) is 5.70. The van der Waals surface area contributed by atoms with Gasteiger partial charge in [-0.05, 0) is 0 Å². The molecule has 0 radical (unpaired) electrons. The van der Waals surface area contributed by atoms with Gasteiger partial charge in [0.05, 0.1) is 6.54 Å². The Bertz CT molecular complexity index is 79.8. The van der Waals surface area contributed by atoms with Gasteiger partial charge in [0.2, 0.25) is 5.91 Å². The van der Waals surface area contributed by atoms with Gasteiger partial charge in [0.25, 0.3) is 0 Å². The predicted octanol–water partition coefficient (Wildman–Crippen LogP) is -0.228. The second-order valence-electron chi connectivity index (χ2n) is 1.14. The van der Waals surface area contributed by atoms with E-state index in [1.54, 1.807) is 0 Å². The SMILES string of the molecule is CC(=O)NCC=N. The molecule has 0 saturated heterocycles. The van der Waals surface area contributed by atoms with E-state index in [2.05, 4.69) is 5.32 Å². The smallest absolute Gasteiger partial charge is 0.217 e. The number of amides is 1. The molecule has 0 heterocycles. The third-order valence-electron chi connectivity index (χ3n) is 0.453. The molecule has 2 N–H and O–H groups in total. The van der Waals surface area contributed by atoms with Crippen LogP contribution in [0.15, 0.2) is 0 Å².